The molecule has 0 aromatic carbocycles. The molecule has 2 aromatic heterocycles. The van der Waals surface area contributed by atoms with Crippen molar-refractivity contribution in [3.8, 4) is 0 Å². The van der Waals surface area contributed by atoms with Crippen molar-refractivity contribution in [3.05, 3.63) is 30.6 Å². The lowest BCUT2D eigenvalue weighted by Gasteiger charge is -2.37. The molecule has 150 valence electrons. The number of rotatable bonds is 4. The van der Waals surface area contributed by atoms with Crippen molar-refractivity contribution in [1.29, 1.82) is 0 Å². The van der Waals surface area contributed by atoms with Crippen LogP contribution in [0.2, 0.25) is 0 Å². The van der Waals surface area contributed by atoms with Gasteiger partial charge in [0.15, 0.2) is 11.6 Å². The molecule has 2 saturated heterocycles. The second-order valence-corrected chi connectivity index (χ2v) is 7.76. The summed E-state index contributed by atoms with van der Waals surface area (Å²) in [6.07, 6.45) is 7.27. The molecule has 4 rings (SSSR count). The van der Waals surface area contributed by atoms with E-state index >= 15 is 0 Å². The van der Waals surface area contributed by atoms with Gasteiger partial charge in [0.05, 0.1) is 0 Å². The van der Waals surface area contributed by atoms with Gasteiger partial charge in [0.25, 0.3) is 0 Å². The highest BCUT2D eigenvalue weighted by atomic mass is 16.2. The molecule has 0 N–H and O–H groups in total. The zero-order chi connectivity index (χ0) is 19.5. The molecule has 0 saturated carbocycles. The second kappa shape index (κ2) is 8.16. The van der Waals surface area contributed by atoms with E-state index in [9.17, 15) is 4.79 Å². The van der Waals surface area contributed by atoms with Crippen molar-refractivity contribution >= 4 is 17.5 Å². The van der Waals surface area contributed by atoms with Gasteiger partial charge in [-0.3, -0.25) is 9.48 Å². The minimum atomic E-state index is -0.271. The van der Waals surface area contributed by atoms with E-state index in [1.165, 1.54) is 19.3 Å². The number of hydrogen-bond acceptors (Lipinski definition) is 6. The van der Waals surface area contributed by atoms with E-state index in [0.29, 0.717) is 19.1 Å². The summed E-state index contributed by atoms with van der Waals surface area (Å²) in [6, 6.07) is 6.25. The zero-order valence-electron chi connectivity index (χ0n) is 16.7. The summed E-state index contributed by atoms with van der Waals surface area (Å²) in [4.78, 5) is 19.2. The summed E-state index contributed by atoms with van der Waals surface area (Å²) in [5.41, 5.74) is 0. The Morgan fingerprint density at radius 2 is 1.82 bits per heavy atom. The molecule has 2 aliphatic rings. The number of carbonyl (C=O) groups is 1. The van der Waals surface area contributed by atoms with Crippen LogP contribution in [0.15, 0.2) is 30.6 Å². The third-order valence-corrected chi connectivity index (χ3v) is 5.93. The van der Waals surface area contributed by atoms with Crippen molar-refractivity contribution in [3.63, 3.8) is 0 Å². The van der Waals surface area contributed by atoms with Gasteiger partial charge in [-0.25, -0.2) is 0 Å². The van der Waals surface area contributed by atoms with Crippen molar-refractivity contribution in [2.45, 2.75) is 45.2 Å². The summed E-state index contributed by atoms with van der Waals surface area (Å²) in [6.45, 7) is 8.14. The average molecular weight is 384 g/mol. The van der Waals surface area contributed by atoms with Gasteiger partial charge < -0.3 is 14.7 Å². The molecule has 8 nitrogen and oxygen atoms in total. The van der Waals surface area contributed by atoms with E-state index in [2.05, 4.69) is 44.2 Å². The molecule has 0 bridgehead atoms. The lowest BCUT2D eigenvalue weighted by Crippen LogP contribution is -2.50. The van der Waals surface area contributed by atoms with Crippen LogP contribution in [0.1, 0.15) is 39.2 Å². The number of amides is 1. The number of hydrogen-bond donors (Lipinski definition) is 0. The quantitative estimate of drug-likeness (QED) is 0.804. The van der Waals surface area contributed by atoms with E-state index in [1.807, 2.05) is 24.1 Å². The van der Waals surface area contributed by atoms with Crippen LogP contribution < -0.4 is 9.80 Å². The smallest absolute Gasteiger partial charge is 0.247 e. The Hall–Kier alpha value is -2.64. The molecule has 2 aromatic rings. The van der Waals surface area contributed by atoms with Crippen LogP contribution in [0, 0.1) is 0 Å². The van der Waals surface area contributed by atoms with Crippen LogP contribution in [-0.4, -0.2) is 69.6 Å². The molecular weight excluding hydrogens is 354 g/mol. The number of piperidine rings is 1. The van der Waals surface area contributed by atoms with E-state index in [-0.39, 0.29) is 11.9 Å². The Morgan fingerprint density at radius 3 is 2.46 bits per heavy atom. The summed E-state index contributed by atoms with van der Waals surface area (Å²) in [5.74, 6) is 1.97. The maximum atomic E-state index is 12.7. The third-order valence-electron chi connectivity index (χ3n) is 5.93. The minimum absolute atomic E-state index is 0.115. The highest BCUT2D eigenvalue weighted by molar-refractivity contribution is 5.80. The predicted octanol–water partition coefficient (Wildman–Crippen LogP) is 1.96. The Kier molecular flexibility index (Phi) is 5.45. The van der Waals surface area contributed by atoms with Crippen LogP contribution in [0.5, 0.6) is 0 Å². The van der Waals surface area contributed by atoms with Gasteiger partial charge in [-0.2, -0.15) is 5.10 Å². The molecule has 2 unspecified atom stereocenters. The zero-order valence-corrected chi connectivity index (χ0v) is 16.7. The summed E-state index contributed by atoms with van der Waals surface area (Å²) in [7, 11) is 0. The van der Waals surface area contributed by atoms with Crippen molar-refractivity contribution < 1.29 is 4.79 Å². The first-order valence-electron chi connectivity index (χ1n) is 10.3. The molecular formula is C20H29N7O. The van der Waals surface area contributed by atoms with E-state index in [1.54, 1.807) is 10.9 Å². The van der Waals surface area contributed by atoms with Crippen LogP contribution >= 0.6 is 0 Å². The minimum Gasteiger partial charge on any atom is -0.352 e. The maximum absolute atomic E-state index is 12.7. The third kappa shape index (κ3) is 3.81. The SMILES string of the molecule is CC1CCCCN1c1ccc(N2CCN(C(=O)C(C)n3cccn3)CC2)nn1. The Morgan fingerprint density at radius 1 is 1.07 bits per heavy atom. The van der Waals surface area contributed by atoms with Gasteiger partial charge in [-0.15, -0.1) is 10.2 Å². The lowest BCUT2D eigenvalue weighted by atomic mass is 10.0. The van der Waals surface area contributed by atoms with Crippen LogP contribution in [0.25, 0.3) is 0 Å². The van der Waals surface area contributed by atoms with Crippen LogP contribution in [0.4, 0.5) is 11.6 Å². The van der Waals surface area contributed by atoms with E-state index in [4.69, 9.17) is 0 Å². The van der Waals surface area contributed by atoms with Crippen LogP contribution in [-0.2, 0) is 4.79 Å². The van der Waals surface area contributed by atoms with E-state index in [0.717, 1.165) is 31.3 Å². The first kappa shape index (κ1) is 18.7. The molecule has 0 radical (unpaired) electrons. The van der Waals surface area contributed by atoms with Gasteiger partial charge in [-0.1, -0.05) is 0 Å². The van der Waals surface area contributed by atoms with E-state index < -0.39 is 0 Å². The summed E-state index contributed by atoms with van der Waals surface area (Å²) in [5, 5.41) is 13.1. The molecule has 0 aliphatic carbocycles. The Bertz CT molecular complexity index is 768. The number of carbonyl (C=O) groups excluding carboxylic acids is 1. The first-order chi connectivity index (χ1) is 13.6. The van der Waals surface area contributed by atoms with Crippen molar-refractivity contribution in [2.24, 2.45) is 0 Å². The largest absolute Gasteiger partial charge is 0.352 e. The van der Waals surface area contributed by atoms with Gasteiger partial charge in [0.2, 0.25) is 5.91 Å². The fourth-order valence-corrected chi connectivity index (χ4v) is 4.12. The molecule has 4 heterocycles. The molecule has 2 fully saturated rings. The topological polar surface area (TPSA) is 70.4 Å². The standard InChI is InChI=1S/C20H29N7O/c1-16-6-3-4-10-26(16)19-8-7-18(22-23-19)24-12-14-25(15-13-24)20(28)17(2)27-11-5-9-21-27/h5,7-9,11,16-17H,3-4,6,10,12-15H2,1-2H3. The lowest BCUT2D eigenvalue weighted by molar-refractivity contribution is -0.134. The maximum Gasteiger partial charge on any atom is 0.247 e. The number of piperazine rings is 1. The summed E-state index contributed by atoms with van der Waals surface area (Å²) < 4.78 is 1.71. The van der Waals surface area contributed by atoms with Gasteiger partial charge >= 0.3 is 0 Å². The second-order valence-electron chi connectivity index (χ2n) is 7.76. The molecule has 2 aliphatic heterocycles. The van der Waals surface area contributed by atoms with Crippen LogP contribution in [0.3, 0.4) is 0 Å². The molecule has 28 heavy (non-hydrogen) atoms. The molecule has 0 spiro atoms. The summed E-state index contributed by atoms with van der Waals surface area (Å²) >= 11 is 0. The monoisotopic (exact) mass is 383 g/mol. The molecule has 1 amide bonds. The fourth-order valence-electron chi connectivity index (χ4n) is 4.12. The highest BCUT2D eigenvalue weighted by Crippen LogP contribution is 2.24. The number of aromatic nitrogens is 4. The average Bonchev–Trinajstić information content (AvgIpc) is 3.28. The normalized spacial score (nSPS) is 21.6. The highest BCUT2D eigenvalue weighted by Gasteiger charge is 2.27. The number of anilines is 2. The Labute approximate surface area is 166 Å². The first-order valence-corrected chi connectivity index (χ1v) is 10.3. The van der Waals surface area contributed by atoms with Crippen molar-refractivity contribution in [2.75, 3.05) is 42.5 Å². The Balaban J connectivity index is 1.34. The predicted molar refractivity (Wildman–Crippen MR) is 108 cm³/mol. The van der Waals surface area contributed by atoms with Gasteiger partial charge in [0, 0.05) is 51.2 Å². The fraction of sp³-hybridized carbons (Fsp3) is 0.600. The molecule has 8 heteroatoms. The molecule has 2 atom stereocenters. The van der Waals surface area contributed by atoms with Crippen molar-refractivity contribution in [1.82, 2.24) is 24.9 Å². The van der Waals surface area contributed by atoms with Gasteiger partial charge in [0.1, 0.15) is 6.04 Å². The van der Waals surface area contributed by atoms with Gasteiger partial charge in [-0.05, 0) is 51.3 Å². The number of nitrogens with zero attached hydrogens (tertiary/aromatic N) is 7.